The van der Waals surface area contributed by atoms with E-state index in [1.165, 1.54) is 6.07 Å². The molecule has 0 radical (unpaired) electrons. The number of hydrogen-bond donors (Lipinski definition) is 0. The first-order valence-corrected chi connectivity index (χ1v) is 10.2. The Morgan fingerprint density at radius 3 is 2.53 bits per heavy atom. The number of morpholine rings is 1. The summed E-state index contributed by atoms with van der Waals surface area (Å²) in [6.07, 6.45) is -0.501. The lowest BCUT2D eigenvalue weighted by Crippen LogP contribution is -2.60. The second kappa shape index (κ2) is 10.7. The van der Waals surface area contributed by atoms with E-state index in [0.29, 0.717) is 31.8 Å². The molecule has 2 fully saturated rings. The fourth-order valence-electron chi connectivity index (χ4n) is 3.65. The van der Waals surface area contributed by atoms with Crippen molar-refractivity contribution in [1.82, 2.24) is 9.80 Å². The first-order chi connectivity index (χ1) is 13.7. The third-order valence-corrected chi connectivity index (χ3v) is 5.06. The zero-order chi connectivity index (χ0) is 21.8. The summed E-state index contributed by atoms with van der Waals surface area (Å²) in [6, 6.07) is 5.08. The molecule has 2 saturated heterocycles. The van der Waals surface area contributed by atoms with Crippen LogP contribution < -0.4 is 0 Å². The van der Waals surface area contributed by atoms with Gasteiger partial charge in [-0.2, -0.15) is 5.26 Å². The number of ether oxygens (including phenoxy) is 2. The number of halogens is 1. The summed E-state index contributed by atoms with van der Waals surface area (Å²) >= 11 is 0. The highest BCUT2D eigenvalue weighted by Crippen LogP contribution is 2.31. The van der Waals surface area contributed by atoms with Crippen LogP contribution in [0.15, 0.2) is 12.1 Å². The first kappa shape index (κ1) is 25.9. The van der Waals surface area contributed by atoms with Crippen molar-refractivity contribution in [2.45, 2.75) is 66.7 Å². The Bertz CT molecular complexity index is 770. The summed E-state index contributed by atoms with van der Waals surface area (Å²) in [5.41, 5.74) is 1.04. The summed E-state index contributed by atoms with van der Waals surface area (Å²) in [5.74, 6) is -0.501. The van der Waals surface area contributed by atoms with Gasteiger partial charge >= 0.3 is 6.09 Å². The van der Waals surface area contributed by atoms with Crippen LogP contribution in [-0.4, -0.2) is 60.3 Å². The van der Waals surface area contributed by atoms with Gasteiger partial charge in [-0.05, 0) is 44.9 Å². The predicted molar refractivity (Wildman–Crippen MR) is 116 cm³/mol. The number of nitrogens with zero attached hydrogens (tertiary/aromatic N) is 3. The molecule has 1 amide bonds. The van der Waals surface area contributed by atoms with Crippen molar-refractivity contribution in [1.29, 1.82) is 5.26 Å². The molecule has 3 rings (SSSR count). The number of rotatable bonds is 1. The Morgan fingerprint density at radius 1 is 1.27 bits per heavy atom. The molecule has 2 heterocycles. The molecule has 0 bridgehead atoms. The van der Waals surface area contributed by atoms with Crippen molar-refractivity contribution in [3.8, 4) is 6.07 Å². The molecule has 1 aromatic rings. The fourth-order valence-corrected chi connectivity index (χ4v) is 3.65. The minimum atomic E-state index is -0.513. The molecule has 2 atom stereocenters. The monoisotopic (exact) mass is 421 g/mol. The van der Waals surface area contributed by atoms with Crippen molar-refractivity contribution in [3.63, 3.8) is 0 Å². The summed E-state index contributed by atoms with van der Waals surface area (Å²) in [7, 11) is 0. The molecule has 0 saturated carbocycles. The molecular formula is C23H36FN3O3. The van der Waals surface area contributed by atoms with Crippen LogP contribution in [0.25, 0.3) is 0 Å². The number of benzene rings is 1. The van der Waals surface area contributed by atoms with Crippen molar-refractivity contribution in [3.05, 3.63) is 34.6 Å². The second-order valence-corrected chi connectivity index (χ2v) is 8.15. The number of piperazine rings is 1. The third kappa shape index (κ3) is 5.93. The molecule has 1 aromatic carbocycles. The van der Waals surface area contributed by atoms with Crippen LogP contribution in [-0.2, 0) is 9.47 Å². The number of fused-ring (bicyclic) bond motifs is 1. The molecule has 0 aromatic heterocycles. The molecule has 7 heteroatoms. The van der Waals surface area contributed by atoms with E-state index in [2.05, 4.69) is 4.90 Å². The van der Waals surface area contributed by atoms with E-state index in [0.717, 1.165) is 12.1 Å². The van der Waals surface area contributed by atoms with Gasteiger partial charge in [0.15, 0.2) is 0 Å². The Labute approximate surface area is 180 Å². The molecule has 0 spiro atoms. The Morgan fingerprint density at radius 2 is 1.93 bits per heavy atom. The van der Waals surface area contributed by atoms with Crippen LogP contribution >= 0.6 is 0 Å². The van der Waals surface area contributed by atoms with Crippen LogP contribution in [0.2, 0.25) is 0 Å². The van der Waals surface area contributed by atoms with E-state index in [1.54, 1.807) is 17.9 Å². The zero-order valence-electron chi connectivity index (χ0n) is 18.3. The molecule has 2 aliphatic rings. The van der Waals surface area contributed by atoms with E-state index in [4.69, 9.17) is 9.47 Å². The highest BCUT2D eigenvalue weighted by Gasteiger charge is 2.37. The number of carbonyl (C=O) groups is 1. The van der Waals surface area contributed by atoms with Gasteiger partial charge in [0.25, 0.3) is 0 Å². The minimum absolute atomic E-state index is 0. The van der Waals surface area contributed by atoms with Gasteiger partial charge in [0.05, 0.1) is 24.3 Å². The van der Waals surface area contributed by atoms with Crippen molar-refractivity contribution < 1.29 is 18.7 Å². The van der Waals surface area contributed by atoms with Gasteiger partial charge < -0.3 is 14.4 Å². The quantitative estimate of drug-likeness (QED) is 0.660. The van der Waals surface area contributed by atoms with Crippen LogP contribution in [0.4, 0.5) is 9.18 Å². The maximum absolute atomic E-state index is 13.8. The van der Waals surface area contributed by atoms with E-state index in [1.807, 2.05) is 40.7 Å². The molecule has 6 nitrogen and oxygen atoms in total. The van der Waals surface area contributed by atoms with E-state index < -0.39 is 11.4 Å². The standard InChI is InChI=1S/C20H26FN3O3.C2H6.CH4/c1-13-15(5-6-17(21)16(13)9-22)18-11-23-7-8-24(10-14(23)12-26-18)19(25)27-20(2,3)4;1-2;/h5-6,14,18H,7-8,10-12H2,1-4H3;1-2H3;1H4. The lowest BCUT2D eigenvalue weighted by Gasteiger charge is -2.46. The first-order valence-electron chi connectivity index (χ1n) is 10.2. The summed E-state index contributed by atoms with van der Waals surface area (Å²) in [6.45, 7) is 14.4. The summed E-state index contributed by atoms with van der Waals surface area (Å²) in [4.78, 5) is 16.3. The molecule has 0 N–H and O–H groups in total. The van der Waals surface area contributed by atoms with Gasteiger partial charge in [-0.15, -0.1) is 0 Å². The Hall–Kier alpha value is -2.17. The van der Waals surface area contributed by atoms with Crippen molar-refractivity contribution >= 4 is 6.09 Å². The number of nitriles is 1. The SMILES string of the molecule is C.CC.Cc1c(C2CN3CCN(C(=O)OC(C)(C)C)CC3CO2)ccc(F)c1C#N. The second-order valence-electron chi connectivity index (χ2n) is 8.15. The Balaban J connectivity index is 0.00000146. The van der Waals surface area contributed by atoms with Crippen molar-refractivity contribution in [2.24, 2.45) is 0 Å². The van der Waals surface area contributed by atoms with Gasteiger partial charge in [-0.3, -0.25) is 4.90 Å². The number of amides is 1. The molecule has 168 valence electrons. The van der Waals surface area contributed by atoms with Crippen LogP contribution in [0.3, 0.4) is 0 Å². The third-order valence-electron chi connectivity index (χ3n) is 5.06. The lowest BCUT2D eigenvalue weighted by atomic mass is 9.96. The average Bonchev–Trinajstić information content (AvgIpc) is 2.68. The van der Waals surface area contributed by atoms with Crippen LogP contribution in [0, 0.1) is 24.1 Å². The lowest BCUT2D eigenvalue weighted by molar-refractivity contribution is -0.0908. The zero-order valence-corrected chi connectivity index (χ0v) is 18.3. The van der Waals surface area contributed by atoms with Gasteiger partial charge in [0, 0.05) is 26.2 Å². The number of hydrogen-bond acceptors (Lipinski definition) is 5. The molecule has 2 aliphatic heterocycles. The molecule has 0 aliphatic carbocycles. The van der Waals surface area contributed by atoms with Gasteiger partial charge in [-0.1, -0.05) is 27.3 Å². The van der Waals surface area contributed by atoms with Crippen molar-refractivity contribution in [2.75, 3.05) is 32.8 Å². The summed E-state index contributed by atoms with van der Waals surface area (Å²) in [5, 5.41) is 9.18. The molecular weight excluding hydrogens is 385 g/mol. The predicted octanol–water partition coefficient (Wildman–Crippen LogP) is 4.66. The van der Waals surface area contributed by atoms with E-state index in [9.17, 15) is 14.4 Å². The van der Waals surface area contributed by atoms with E-state index >= 15 is 0 Å². The fraction of sp³-hybridized carbons (Fsp3) is 0.652. The minimum Gasteiger partial charge on any atom is -0.444 e. The van der Waals surface area contributed by atoms with Gasteiger partial charge in [0.1, 0.15) is 17.5 Å². The number of carbonyl (C=O) groups excluding carboxylic acids is 1. The van der Waals surface area contributed by atoms with Gasteiger partial charge in [-0.25, -0.2) is 9.18 Å². The summed E-state index contributed by atoms with van der Waals surface area (Å²) < 4.78 is 25.3. The van der Waals surface area contributed by atoms with Crippen LogP contribution in [0.5, 0.6) is 0 Å². The van der Waals surface area contributed by atoms with Gasteiger partial charge in [0.2, 0.25) is 0 Å². The normalized spacial score (nSPS) is 21.3. The highest BCUT2D eigenvalue weighted by molar-refractivity contribution is 5.68. The molecule has 2 unspecified atom stereocenters. The maximum Gasteiger partial charge on any atom is 0.410 e. The largest absolute Gasteiger partial charge is 0.444 e. The highest BCUT2D eigenvalue weighted by atomic mass is 19.1. The molecule has 30 heavy (non-hydrogen) atoms. The Kier molecular flexibility index (Phi) is 9.26. The topological polar surface area (TPSA) is 65.8 Å². The smallest absolute Gasteiger partial charge is 0.410 e. The van der Waals surface area contributed by atoms with Crippen LogP contribution in [0.1, 0.15) is 64.8 Å². The average molecular weight is 422 g/mol. The maximum atomic E-state index is 13.8. The van der Waals surface area contributed by atoms with E-state index in [-0.39, 0.29) is 31.2 Å².